The molecule has 8 nitrogen and oxygen atoms in total. The number of carbonyl (C=O) groups excluding carboxylic acids is 2. The van der Waals surface area contributed by atoms with Crippen molar-refractivity contribution in [3.63, 3.8) is 0 Å². The summed E-state index contributed by atoms with van der Waals surface area (Å²) in [4.78, 5) is 27.3. The van der Waals surface area contributed by atoms with E-state index in [1.54, 1.807) is 88.7 Å². The van der Waals surface area contributed by atoms with Gasteiger partial charge in [0.05, 0.1) is 14.2 Å². The van der Waals surface area contributed by atoms with E-state index in [1.165, 1.54) is 12.1 Å². The number of rotatable bonds is 7. The van der Waals surface area contributed by atoms with E-state index in [0.29, 0.717) is 51.0 Å². The molecule has 0 saturated carbocycles. The molecule has 3 aromatic carbocycles. The van der Waals surface area contributed by atoms with Crippen molar-refractivity contribution < 1.29 is 24.2 Å². The molecule has 0 fully saturated rings. The van der Waals surface area contributed by atoms with Crippen LogP contribution in [0.4, 0.5) is 11.4 Å². The second kappa shape index (κ2) is 10.9. The van der Waals surface area contributed by atoms with Crippen LogP contribution in [0, 0.1) is 0 Å². The van der Waals surface area contributed by atoms with Gasteiger partial charge in [-0.25, -0.2) is 0 Å². The third-order valence-corrected chi connectivity index (χ3v) is 6.13. The van der Waals surface area contributed by atoms with Crippen molar-refractivity contribution in [1.29, 1.82) is 0 Å². The molecule has 0 saturated heterocycles. The van der Waals surface area contributed by atoms with Gasteiger partial charge in [-0.3, -0.25) is 9.59 Å². The number of nitrogens with one attached hydrogen (secondary N) is 3. The second-order valence-electron chi connectivity index (χ2n) is 8.60. The Morgan fingerprint density at radius 2 is 1.22 bits per heavy atom. The van der Waals surface area contributed by atoms with Crippen molar-refractivity contribution in [1.82, 2.24) is 5.32 Å². The fraction of sp³-hybridized carbons (Fsp3) is 0.172. The molecule has 4 rings (SSSR count). The van der Waals surface area contributed by atoms with Crippen LogP contribution in [0.5, 0.6) is 17.2 Å². The molecule has 8 heteroatoms. The van der Waals surface area contributed by atoms with Gasteiger partial charge in [-0.05, 0) is 55.8 Å². The zero-order chi connectivity index (χ0) is 26.5. The molecule has 0 aliphatic carbocycles. The quantitative estimate of drug-likeness (QED) is 0.367. The van der Waals surface area contributed by atoms with Crippen molar-refractivity contribution in [2.75, 3.05) is 24.9 Å². The molecule has 0 spiro atoms. The van der Waals surface area contributed by atoms with Crippen molar-refractivity contribution in [3.8, 4) is 17.2 Å². The summed E-state index contributed by atoms with van der Waals surface area (Å²) < 4.78 is 10.5. The van der Waals surface area contributed by atoms with Gasteiger partial charge in [0.1, 0.15) is 17.2 Å². The van der Waals surface area contributed by atoms with Gasteiger partial charge >= 0.3 is 0 Å². The van der Waals surface area contributed by atoms with Crippen LogP contribution in [0.15, 0.2) is 95.3 Å². The minimum atomic E-state index is -0.696. The van der Waals surface area contributed by atoms with E-state index in [0.717, 1.165) is 0 Å². The summed E-state index contributed by atoms with van der Waals surface area (Å²) in [7, 11) is 3.11. The lowest BCUT2D eigenvalue weighted by Gasteiger charge is -2.31. The molecule has 4 N–H and O–H groups in total. The zero-order valence-corrected chi connectivity index (χ0v) is 21.1. The number of hydrogen-bond acceptors (Lipinski definition) is 6. The Hall–Kier alpha value is -4.72. The molecular weight excluding hydrogens is 470 g/mol. The lowest BCUT2D eigenvalue weighted by Crippen LogP contribution is -2.35. The first-order valence-electron chi connectivity index (χ1n) is 11.7. The maximum absolute atomic E-state index is 13.7. The number of aromatic hydroxyl groups is 1. The average Bonchev–Trinajstić information content (AvgIpc) is 2.88. The Balaban J connectivity index is 1.74. The molecule has 0 unspecified atom stereocenters. The number of allylic oxidation sites excluding steroid dienone is 2. The molecule has 37 heavy (non-hydrogen) atoms. The van der Waals surface area contributed by atoms with Gasteiger partial charge < -0.3 is 30.5 Å². The standard InChI is InChI=1S/C29H29N3O5/c1-17-25(28(34)31-20-7-5-9-23(15-20)36-3)27(19-11-13-22(33)14-12-19)26(18(2)30-17)29(35)32-21-8-6-10-24(16-21)37-4/h5-16,27,30,33H,1-4H3,(H,31,34)(H,32,35). The topological polar surface area (TPSA) is 109 Å². The summed E-state index contributed by atoms with van der Waals surface area (Å²) in [5.41, 5.74) is 3.81. The van der Waals surface area contributed by atoms with E-state index in [-0.39, 0.29) is 17.6 Å². The third kappa shape index (κ3) is 5.59. The number of hydrogen-bond donors (Lipinski definition) is 4. The van der Waals surface area contributed by atoms with Gasteiger partial charge in [-0.15, -0.1) is 0 Å². The van der Waals surface area contributed by atoms with E-state index >= 15 is 0 Å². The van der Waals surface area contributed by atoms with Gasteiger partial charge in [0.25, 0.3) is 11.8 Å². The molecule has 0 atom stereocenters. The van der Waals surface area contributed by atoms with Gasteiger partial charge in [0.15, 0.2) is 0 Å². The third-order valence-electron chi connectivity index (χ3n) is 6.13. The summed E-state index contributed by atoms with van der Waals surface area (Å²) in [6.07, 6.45) is 0. The molecule has 1 heterocycles. The number of amides is 2. The molecule has 0 bridgehead atoms. The summed E-state index contributed by atoms with van der Waals surface area (Å²) in [6.45, 7) is 3.60. The van der Waals surface area contributed by atoms with Gasteiger partial charge in [-0.2, -0.15) is 0 Å². The Bertz CT molecular complexity index is 1310. The molecule has 1 aliphatic rings. The summed E-state index contributed by atoms with van der Waals surface area (Å²) in [5.74, 6) is -0.128. The number of phenols is 1. The summed E-state index contributed by atoms with van der Waals surface area (Å²) in [5, 5.41) is 18.9. The first-order valence-corrected chi connectivity index (χ1v) is 11.7. The molecule has 1 aliphatic heterocycles. The van der Waals surface area contributed by atoms with Crippen LogP contribution in [0.25, 0.3) is 0 Å². The number of carbonyl (C=O) groups is 2. The highest BCUT2D eigenvalue weighted by molar-refractivity contribution is 6.12. The van der Waals surface area contributed by atoms with Crippen molar-refractivity contribution in [2.24, 2.45) is 0 Å². The van der Waals surface area contributed by atoms with Crippen molar-refractivity contribution >= 4 is 23.2 Å². The Morgan fingerprint density at radius 1 is 0.757 bits per heavy atom. The second-order valence-corrected chi connectivity index (χ2v) is 8.60. The fourth-order valence-electron chi connectivity index (χ4n) is 4.39. The molecule has 0 aromatic heterocycles. The molecule has 2 amide bonds. The monoisotopic (exact) mass is 499 g/mol. The van der Waals surface area contributed by atoms with E-state index < -0.39 is 5.92 Å². The molecular formula is C29H29N3O5. The first kappa shape index (κ1) is 25.4. The predicted octanol–water partition coefficient (Wildman–Crippen LogP) is 4.92. The normalized spacial score (nSPS) is 13.6. The zero-order valence-electron chi connectivity index (χ0n) is 21.1. The maximum atomic E-state index is 13.7. The van der Waals surface area contributed by atoms with E-state index in [2.05, 4.69) is 16.0 Å². The maximum Gasteiger partial charge on any atom is 0.254 e. The van der Waals surface area contributed by atoms with Gasteiger partial charge in [0, 0.05) is 52.0 Å². The number of benzene rings is 3. The Kier molecular flexibility index (Phi) is 7.48. The lowest BCUT2D eigenvalue weighted by atomic mass is 9.79. The van der Waals surface area contributed by atoms with Crippen LogP contribution in [-0.2, 0) is 9.59 Å². The highest BCUT2D eigenvalue weighted by atomic mass is 16.5. The van der Waals surface area contributed by atoms with Crippen LogP contribution in [0.2, 0.25) is 0 Å². The highest BCUT2D eigenvalue weighted by Gasteiger charge is 2.36. The summed E-state index contributed by atoms with van der Waals surface area (Å²) in [6, 6.07) is 20.6. The Morgan fingerprint density at radius 3 is 1.65 bits per heavy atom. The number of ether oxygens (including phenoxy) is 2. The number of methoxy groups -OCH3 is 2. The van der Waals surface area contributed by atoms with Crippen molar-refractivity contribution in [3.05, 3.63) is 101 Å². The minimum absolute atomic E-state index is 0.0869. The number of phenolic OH excluding ortho intramolecular Hbond substituents is 1. The highest BCUT2D eigenvalue weighted by Crippen LogP contribution is 2.40. The van der Waals surface area contributed by atoms with Crippen molar-refractivity contribution in [2.45, 2.75) is 19.8 Å². The number of anilines is 2. The van der Waals surface area contributed by atoms with Crippen LogP contribution >= 0.6 is 0 Å². The van der Waals surface area contributed by atoms with Crippen LogP contribution in [-0.4, -0.2) is 31.1 Å². The van der Waals surface area contributed by atoms with Crippen LogP contribution in [0.1, 0.15) is 25.3 Å². The number of dihydropyridines is 1. The average molecular weight is 500 g/mol. The Labute approximate surface area is 215 Å². The SMILES string of the molecule is COc1cccc(NC(=O)C2=C(C)NC(C)=C(C(=O)Nc3cccc(OC)c3)C2c2ccc(O)cc2)c1. The van der Waals surface area contributed by atoms with Gasteiger partial charge in [0.2, 0.25) is 0 Å². The minimum Gasteiger partial charge on any atom is -0.508 e. The molecule has 190 valence electrons. The van der Waals surface area contributed by atoms with E-state index in [4.69, 9.17) is 9.47 Å². The molecule has 3 aromatic rings. The largest absolute Gasteiger partial charge is 0.508 e. The fourth-order valence-corrected chi connectivity index (χ4v) is 4.39. The first-order chi connectivity index (χ1) is 17.8. The predicted molar refractivity (Wildman–Crippen MR) is 143 cm³/mol. The molecule has 0 radical (unpaired) electrons. The van der Waals surface area contributed by atoms with Gasteiger partial charge in [-0.1, -0.05) is 24.3 Å². The summed E-state index contributed by atoms with van der Waals surface area (Å²) >= 11 is 0. The van der Waals surface area contributed by atoms with Crippen LogP contribution < -0.4 is 25.4 Å². The van der Waals surface area contributed by atoms with E-state index in [9.17, 15) is 14.7 Å². The van der Waals surface area contributed by atoms with E-state index in [1.807, 2.05) is 0 Å². The lowest BCUT2D eigenvalue weighted by molar-refractivity contribution is -0.113. The smallest absolute Gasteiger partial charge is 0.254 e. The van der Waals surface area contributed by atoms with Crippen LogP contribution in [0.3, 0.4) is 0 Å².